The van der Waals surface area contributed by atoms with E-state index in [0.29, 0.717) is 13.0 Å². The predicted molar refractivity (Wildman–Crippen MR) is 71.9 cm³/mol. The number of hydrogen-bond acceptors (Lipinski definition) is 2. The standard InChI is InChI=1S/C14H30NO2/c1-5-9-11-15(8-4,10-6-2)12-13-17-14(16)7-3/h5-13H2,1-4H3/q+1. The first kappa shape index (κ1) is 16.4. The van der Waals surface area contributed by atoms with Crippen molar-refractivity contribution in [1.82, 2.24) is 0 Å². The summed E-state index contributed by atoms with van der Waals surface area (Å²) < 4.78 is 6.32. The van der Waals surface area contributed by atoms with E-state index in [2.05, 4.69) is 20.8 Å². The topological polar surface area (TPSA) is 26.3 Å². The lowest BCUT2D eigenvalue weighted by Gasteiger charge is -2.37. The summed E-state index contributed by atoms with van der Waals surface area (Å²) in [5.74, 6) is -0.0776. The molecule has 0 spiro atoms. The minimum Gasteiger partial charge on any atom is -0.460 e. The van der Waals surface area contributed by atoms with Crippen LogP contribution in [0, 0.1) is 0 Å². The van der Waals surface area contributed by atoms with Gasteiger partial charge in [0.1, 0.15) is 13.2 Å². The number of ether oxygens (including phenoxy) is 1. The van der Waals surface area contributed by atoms with Crippen molar-refractivity contribution in [3.63, 3.8) is 0 Å². The fourth-order valence-corrected chi connectivity index (χ4v) is 2.23. The van der Waals surface area contributed by atoms with Crippen molar-refractivity contribution in [3.8, 4) is 0 Å². The Morgan fingerprint density at radius 1 is 1.00 bits per heavy atom. The van der Waals surface area contributed by atoms with Crippen LogP contribution in [0.1, 0.15) is 53.4 Å². The molecular weight excluding hydrogens is 214 g/mol. The fourth-order valence-electron chi connectivity index (χ4n) is 2.23. The van der Waals surface area contributed by atoms with E-state index < -0.39 is 0 Å². The van der Waals surface area contributed by atoms with E-state index in [4.69, 9.17) is 4.74 Å². The maximum absolute atomic E-state index is 11.1. The van der Waals surface area contributed by atoms with Crippen LogP contribution in [0.5, 0.6) is 0 Å². The highest BCUT2D eigenvalue weighted by atomic mass is 16.5. The molecule has 0 amide bonds. The number of unbranched alkanes of at least 4 members (excludes halogenated alkanes) is 1. The number of rotatable bonds is 10. The Morgan fingerprint density at radius 2 is 1.71 bits per heavy atom. The second-order valence-electron chi connectivity index (χ2n) is 4.76. The van der Waals surface area contributed by atoms with Crippen LogP contribution in [-0.4, -0.2) is 43.2 Å². The molecule has 0 N–H and O–H groups in total. The zero-order valence-corrected chi connectivity index (χ0v) is 12.1. The maximum atomic E-state index is 11.1. The van der Waals surface area contributed by atoms with Gasteiger partial charge < -0.3 is 9.22 Å². The Hall–Kier alpha value is -0.570. The number of hydrogen-bond donors (Lipinski definition) is 0. The van der Waals surface area contributed by atoms with Crippen molar-refractivity contribution in [2.75, 3.05) is 32.8 Å². The zero-order valence-electron chi connectivity index (χ0n) is 12.1. The molecular formula is C14H30NO2+. The molecule has 0 fully saturated rings. The monoisotopic (exact) mass is 244 g/mol. The molecule has 0 aromatic heterocycles. The fraction of sp³-hybridized carbons (Fsp3) is 0.929. The van der Waals surface area contributed by atoms with Gasteiger partial charge in [0.25, 0.3) is 0 Å². The average molecular weight is 244 g/mol. The molecule has 0 aliphatic rings. The summed E-state index contributed by atoms with van der Waals surface area (Å²) in [5, 5.41) is 0. The van der Waals surface area contributed by atoms with Crippen molar-refractivity contribution in [3.05, 3.63) is 0 Å². The van der Waals surface area contributed by atoms with Crippen LogP contribution in [-0.2, 0) is 9.53 Å². The SMILES string of the molecule is CCCC[N+](CC)(CCC)CCOC(=O)CC. The number of nitrogens with zero attached hydrogens (tertiary/aromatic N) is 1. The molecule has 0 aliphatic carbocycles. The Morgan fingerprint density at radius 3 is 2.18 bits per heavy atom. The lowest BCUT2D eigenvalue weighted by molar-refractivity contribution is -0.927. The third kappa shape index (κ3) is 6.67. The van der Waals surface area contributed by atoms with Gasteiger partial charge in [0.2, 0.25) is 0 Å². The van der Waals surface area contributed by atoms with Gasteiger partial charge in [-0.15, -0.1) is 0 Å². The lowest BCUT2D eigenvalue weighted by atomic mass is 10.2. The summed E-state index contributed by atoms with van der Waals surface area (Å²) in [4.78, 5) is 11.1. The molecule has 0 heterocycles. The summed E-state index contributed by atoms with van der Waals surface area (Å²) in [6.07, 6.45) is 4.17. The van der Waals surface area contributed by atoms with Crippen LogP contribution in [0.2, 0.25) is 0 Å². The molecule has 0 radical (unpaired) electrons. The third-order valence-electron chi connectivity index (χ3n) is 3.47. The van der Waals surface area contributed by atoms with Gasteiger partial charge in [-0.1, -0.05) is 27.2 Å². The Labute approximate surface area is 107 Å². The second kappa shape index (κ2) is 9.46. The molecule has 1 atom stereocenters. The molecule has 3 heteroatoms. The third-order valence-corrected chi connectivity index (χ3v) is 3.47. The molecule has 102 valence electrons. The first-order valence-corrected chi connectivity index (χ1v) is 7.14. The predicted octanol–water partition coefficient (Wildman–Crippen LogP) is 2.99. The van der Waals surface area contributed by atoms with Crippen molar-refractivity contribution >= 4 is 5.97 Å². The van der Waals surface area contributed by atoms with Gasteiger partial charge >= 0.3 is 5.97 Å². The second-order valence-corrected chi connectivity index (χ2v) is 4.76. The molecule has 1 unspecified atom stereocenters. The Balaban J connectivity index is 4.19. The summed E-state index contributed by atoms with van der Waals surface area (Å²) >= 11 is 0. The van der Waals surface area contributed by atoms with Crippen LogP contribution in [0.4, 0.5) is 0 Å². The molecule has 0 rings (SSSR count). The highest BCUT2D eigenvalue weighted by Crippen LogP contribution is 2.11. The van der Waals surface area contributed by atoms with Crippen LogP contribution in [0.15, 0.2) is 0 Å². The van der Waals surface area contributed by atoms with Crippen molar-refractivity contribution in [2.24, 2.45) is 0 Å². The highest BCUT2D eigenvalue weighted by molar-refractivity contribution is 5.68. The van der Waals surface area contributed by atoms with Gasteiger partial charge in [-0.2, -0.15) is 0 Å². The molecule has 0 bridgehead atoms. The Kier molecular flexibility index (Phi) is 9.14. The normalized spacial score (nSPS) is 14.4. The smallest absolute Gasteiger partial charge is 0.305 e. The molecule has 0 aliphatic heterocycles. The molecule has 0 aromatic carbocycles. The van der Waals surface area contributed by atoms with E-state index >= 15 is 0 Å². The highest BCUT2D eigenvalue weighted by Gasteiger charge is 2.23. The number of carbonyl (C=O) groups is 1. The van der Waals surface area contributed by atoms with Crippen molar-refractivity contribution in [1.29, 1.82) is 0 Å². The number of esters is 1. The zero-order chi connectivity index (χ0) is 13.1. The first-order chi connectivity index (χ1) is 8.14. The molecule has 0 aromatic rings. The number of carbonyl (C=O) groups excluding carboxylic acids is 1. The first-order valence-electron chi connectivity index (χ1n) is 7.14. The average Bonchev–Trinajstić information content (AvgIpc) is 2.35. The van der Waals surface area contributed by atoms with Gasteiger partial charge in [-0.05, 0) is 19.8 Å². The van der Waals surface area contributed by atoms with E-state index in [1.54, 1.807) is 0 Å². The summed E-state index contributed by atoms with van der Waals surface area (Å²) in [5.41, 5.74) is 0. The molecule has 3 nitrogen and oxygen atoms in total. The van der Waals surface area contributed by atoms with E-state index in [9.17, 15) is 4.79 Å². The summed E-state index contributed by atoms with van der Waals surface area (Å²) in [6.45, 7) is 13.6. The molecule has 0 saturated carbocycles. The van der Waals surface area contributed by atoms with Crippen molar-refractivity contribution in [2.45, 2.75) is 53.4 Å². The minimum absolute atomic E-state index is 0.0776. The van der Waals surface area contributed by atoms with Crippen molar-refractivity contribution < 1.29 is 14.0 Å². The van der Waals surface area contributed by atoms with E-state index in [1.165, 1.54) is 32.4 Å². The van der Waals surface area contributed by atoms with Crippen LogP contribution in [0.3, 0.4) is 0 Å². The minimum atomic E-state index is -0.0776. The molecule has 0 saturated heterocycles. The quantitative estimate of drug-likeness (QED) is 0.436. The largest absolute Gasteiger partial charge is 0.460 e. The van der Waals surface area contributed by atoms with Gasteiger partial charge in [-0.3, -0.25) is 4.79 Å². The van der Waals surface area contributed by atoms with E-state index in [0.717, 1.165) is 17.6 Å². The molecule has 17 heavy (non-hydrogen) atoms. The van der Waals surface area contributed by atoms with Gasteiger partial charge in [0.15, 0.2) is 0 Å². The maximum Gasteiger partial charge on any atom is 0.305 e. The van der Waals surface area contributed by atoms with Gasteiger partial charge in [-0.25, -0.2) is 0 Å². The van der Waals surface area contributed by atoms with Gasteiger partial charge in [0, 0.05) is 6.42 Å². The van der Waals surface area contributed by atoms with E-state index in [1.807, 2.05) is 6.92 Å². The summed E-state index contributed by atoms with van der Waals surface area (Å²) in [6, 6.07) is 0. The van der Waals surface area contributed by atoms with Gasteiger partial charge in [0.05, 0.1) is 19.6 Å². The van der Waals surface area contributed by atoms with E-state index in [-0.39, 0.29) is 5.97 Å². The van der Waals surface area contributed by atoms with Crippen LogP contribution >= 0.6 is 0 Å². The van der Waals surface area contributed by atoms with Crippen LogP contribution in [0.25, 0.3) is 0 Å². The lowest BCUT2D eigenvalue weighted by Crippen LogP contribution is -2.51. The van der Waals surface area contributed by atoms with Crippen LogP contribution < -0.4 is 0 Å². The number of quaternary nitrogens is 1. The number of likely N-dealkylation sites (N-methyl/N-ethyl adjacent to an activating group) is 1. The Bertz CT molecular complexity index is 206. The summed E-state index contributed by atoms with van der Waals surface area (Å²) in [7, 11) is 0.